The summed E-state index contributed by atoms with van der Waals surface area (Å²) in [7, 11) is 0. The lowest BCUT2D eigenvalue weighted by atomic mass is 10.1. The van der Waals surface area contributed by atoms with Crippen molar-refractivity contribution in [2.75, 3.05) is 0 Å². The van der Waals surface area contributed by atoms with Crippen LogP contribution in [-0.4, -0.2) is 20.7 Å². The summed E-state index contributed by atoms with van der Waals surface area (Å²) in [6.45, 7) is 5.94. The Hall–Kier alpha value is -1.81. The first-order chi connectivity index (χ1) is 8.43. The summed E-state index contributed by atoms with van der Waals surface area (Å²) in [5.74, 6) is -1.22. The van der Waals surface area contributed by atoms with E-state index in [-0.39, 0.29) is 6.04 Å². The van der Waals surface area contributed by atoms with Crippen LogP contribution in [0.3, 0.4) is 0 Å². The fraction of sp³-hybridized carbons (Fsp3) is 0.357. The first kappa shape index (κ1) is 12.6. The zero-order valence-corrected chi connectivity index (χ0v) is 10.7. The van der Waals surface area contributed by atoms with Crippen molar-refractivity contribution in [1.82, 2.24) is 4.57 Å². The number of aryl methyl sites for hydroxylation is 1. The van der Waals surface area contributed by atoms with Crippen molar-refractivity contribution in [1.29, 1.82) is 0 Å². The standard InChI is InChI=1S/C14H17NO3/c1-8(2)15-11(13(16)14(17)18)7-10-6-4-5-9(3)12(10)15/h4-8,13,16H,1-3H3,(H,17,18). The molecule has 4 heteroatoms. The lowest BCUT2D eigenvalue weighted by Gasteiger charge is -2.17. The van der Waals surface area contributed by atoms with Gasteiger partial charge in [0.05, 0.1) is 11.2 Å². The van der Waals surface area contributed by atoms with Gasteiger partial charge in [-0.15, -0.1) is 0 Å². The van der Waals surface area contributed by atoms with E-state index in [1.807, 2.05) is 43.5 Å². The number of hydrogen-bond acceptors (Lipinski definition) is 2. The Labute approximate surface area is 105 Å². The van der Waals surface area contributed by atoms with E-state index in [0.717, 1.165) is 16.5 Å². The first-order valence-corrected chi connectivity index (χ1v) is 5.94. The molecule has 2 rings (SSSR count). The predicted octanol–water partition coefficient (Wildman–Crippen LogP) is 2.65. The van der Waals surface area contributed by atoms with Gasteiger partial charge in [0.1, 0.15) is 0 Å². The molecule has 0 saturated heterocycles. The van der Waals surface area contributed by atoms with Crippen molar-refractivity contribution < 1.29 is 15.0 Å². The number of fused-ring (bicyclic) bond motifs is 1. The van der Waals surface area contributed by atoms with Crippen molar-refractivity contribution in [3.8, 4) is 0 Å². The van der Waals surface area contributed by atoms with Crippen LogP contribution < -0.4 is 0 Å². The van der Waals surface area contributed by atoms with E-state index in [2.05, 4.69) is 0 Å². The second-order valence-electron chi connectivity index (χ2n) is 4.79. The molecule has 18 heavy (non-hydrogen) atoms. The van der Waals surface area contributed by atoms with Gasteiger partial charge in [0.15, 0.2) is 6.10 Å². The van der Waals surface area contributed by atoms with Crippen molar-refractivity contribution in [2.24, 2.45) is 0 Å². The fourth-order valence-electron chi connectivity index (χ4n) is 2.38. The number of aliphatic carboxylic acids is 1. The Morgan fingerprint density at radius 2 is 2.00 bits per heavy atom. The summed E-state index contributed by atoms with van der Waals surface area (Å²) in [5.41, 5.74) is 2.50. The molecule has 1 heterocycles. The number of nitrogens with zero attached hydrogens (tertiary/aromatic N) is 1. The number of aliphatic hydroxyl groups excluding tert-OH is 1. The van der Waals surface area contributed by atoms with Crippen LogP contribution in [-0.2, 0) is 4.79 Å². The maximum atomic E-state index is 11.0. The number of hydrogen-bond donors (Lipinski definition) is 2. The van der Waals surface area contributed by atoms with Gasteiger partial charge in [0.25, 0.3) is 0 Å². The minimum Gasteiger partial charge on any atom is -0.479 e. The lowest BCUT2D eigenvalue weighted by molar-refractivity contribution is -0.147. The van der Waals surface area contributed by atoms with E-state index in [1.165, 1.54) is 0 Å². The lowest BCUT2D eigenvalue weighted by Crippen LogP contribution is -2.16. The van der Waals surface area contributed by atoms with Crippen LogP contribution in [0.2, 0.25) is 0 Å². The molecule has 0 amide bonds. The van der Waals surface area contributed by atoms with E-state index in [0.29, 0.717) is 5.69 Å². The molecule has 1 unspecified atom stereocenters. The predicted molar refractivity (Wildman–Crippen MR) is 69.7 cm³/mol. The third kappa shape index (κ3) is 1.88. The second kappa shape index (κ2) is 4.46. The Bertz CT molecular complexity index is 598. The number of para-hydroxylation sites is 1. The molecule has 0 fully saturated rings. The van der Waals surface area contributed by atoms with Crippen LogP contribution in [0, 0.1) is 6.92 Å². The molecule has 0 aliphatic carbocycles. The molecule has 0 saturated carbocycles. The monoisotopic (exact) mass is 247 g/mol. The normalized spacial score (nSPS) is 13.2. The summed E-state index contributed by atoms with van der Waals surface area (Å²) in [6.07, 6.45) is -1.49. The van der Waals surface area contributed by atoms with E-state index >= 15 is 0 Å². The molecular weight excluding hydrogens is 230 g/mol. The molecule has 1 aromatic heterocycles. The van der Waals surface area contributed by atoms with Crippen LogP contribution in [0.4, 0.5) is 0 Å². The van der Waals surface area contributed by atoms with Gasteiger partial charge in [-0.25, -0.2) is 4.79 Å². The van der Waals surface area contributed by atoms with Crippen LogP contribution in [0.1, 0.15) is 37.3 Å². The maximum absolute atomic E-state index is 11.0. The molecule has 0 radical (unpaired) electrons. The number of aromatic nitrogens is 1. The van der Waals surface area contributed by atoms with Crippen molar-refractivity contribution in [2.45, 2.75) is 32.9 Å². The summed E-state index contributed by atoms with van der Waals surface area (Å²) in [4.78, 5) is 11.0. The number of carboxylic acid groups (broad SMARTS) is 1. The topological polar surface area (TPSA) is 62.5 Å². The van der Waals surface area contributed by atoms with Crippen LogP contribution >= 0.6 is 0 Å². The molecule has 0 bridgehead atoms. The van der Waals surface area contributed by atoms with Gasteiger partial charge in [0, 0.05) is 11.4 Å². The minimum atomic E-state index is -1.49. The van der Waals surface area contributed by atoms with Gasteiger partial charge in [0.2, 0.25) is 0 Å². The van der Waals surface area contributed by atoms with Crippen molar-refractivity contribution in [3.63, 3.8) is 0 Å². The Morgan fingerprint density at radius 3 is 2.56 bits per heavy atom. The SMILES string of the molecule is Cc1cccc2cc(C(O)C(=O)O)n(C(C)C)c12. The molecule has 2 N–H and O–H groups in total. The van der Waals surface area contributed by atoms with Crippen LogP contribution in [0.25, 0.3) is 10.9 Å². The summed E-state index contributed by atoms with van der Waals surface area (Å²) >= 11 is 0. The van der Waals surface area contributed by atoms with Gasteiger partial charge in [-0.1, -0.05) is 18.2 Å². The number of rotatable bonds is 3. The zero-order chi connectivity index (χ0) is 13.4. The number of aliphatic hydroxyl groups is 1. The van der Waals surface area contributed by atoms with Gasteiger partial charge >= 0.3 is 5.97 Å². The van der Waals surface area contributed by atoms with Gasteiger partial charge in [-0.2, -0.15) is 0 Å². The average molecular weight is 247 g/mol. The second-order valence-corrected chi connectivity index (χ2v) is 4.79. The van der Waals surface area contributed by atoms with E-state index < -0.39 is 12.1 Å². The third-order valence-corrected chi connectivity index (χ3v) is 3.12. The largest absolute Gasteiger partial charge is 0.479 e. The first-order valence-electron chi connectivity index (χ1n) is 5.94. The smallest absolute Gasteiger partial charge is 0.338 e. The van der Waals surface area contributed by atoms with E-state index in [9.17, 15) is 9.90 Å². The fourth-order valence-corrected chi connectivity index (χ4v) is 2.38. The average Bonchev–Trinajstić information content (AvgIpc) is 2.68. The zero-order valence-electron chi connectivity index (χ0n) is 10.7. The van der Waals surface area contributed by atoms with Gasteiger partial charge in [-0.05, 0) is 32.4 Å². The molecule has 0 aliphatic heterocycles. The Kier molecular flexibility index (Phi) is 3.13. The molecule has 0 spiro atoms. The maximum Gasteiger partial charge on any atom is 0.338 e. The van der Waals surface area contributed by atoms with E-state index in [1.54, 1.807) is 6.07 Å². The van der Waals surface area contributed by atoms with Gasteiger partial charge in [-0.3, -0.25) is 0 Å². The van der Waals surface area contributed by atoms with Crippen molar-refractivity contribution in [3.05, 3.63) is 35.5 Å². The Balaban J connectivity index is 2.78. The molecule has 0 aliphatic rings. The van der Waals surface area contributed by atoms with Crippen LogP contribution in [0.15, 0.2) is 24.3 Å². The van der Waals surface area contributed by atoms with E-state index in [4.69, 9.17) is 5.11 Å². The highest BCUT2D eigenvalue weighted by atomic mass is 16.4. The molecule has 4 nitrogen and oxygen atoms in total. The third-order valence-electron chi connectivity index (χ3n) is 3.12. The summed E-state index contributed by atoms with van der Waals surface area (Å²) in [6, 6.07) is 7.69. The highest BCUT2D eigenvalue weighted by Gasteiger charge is 2.23. The summed E-state index contributed by atoms with van der Waals surface area (Å²) in [5, 5.41) is 19.7. The quantitative estimate of drug-likeness (QED) is 0.876. The molecular formula is C14H17NO3. The number of carboxylic acids is 1. The Morgan fingerprint density at radius 1 is 1.33 bits per heavy atom. The number of benzene rings is 1. The number of carbonyl (C=O) groups is 1. The highest BCUT2D eigenvalue weighted by Crippen LogP contribution is 2.30. The molecule has 1 atom stereocenters. The van der Waals surface area contributed by atoms with Crippen LogP contribution in [0.5, 0.6) is 0 Å². The highest BCUT2D eigenvalue weighted by molar-refractivity contribution is 5.86. The minimum absolute atomic E-state index is 0.0904. The molecule has 2 aromatic rings. The summed E-state index contributed by atoms with van der Waals surface area (Å²) < 4.78 is 1.89. The molecule has 1 aromatic carbocycles. The van der Waals surface area contributed by atoms with Crippen molar-refractivity contribution >= 4 is 16.9 Å². The molecule has 96 valence electrons. The van der Waals surface area contributed by atoms with Gasteiger partial charge < -0.3 is 14.8 Å².